The van der Waals surface area contributed by atoms with Gasteiger partial charge in [0.2, 0.25) is 0 Å². The van der Waals surface area contributed by atoms with Gasteiger partial charge >= 0.3 is 19.1 Å². The van der Waals surface area contributed by atoms with E-state index in [0.717, 1.165) is 0 Å². The highest BCUT2D eigenvalue weighted by Gasteiger charge is 2.55. The van der Waals surface area contributed by atoms with E-state index in [2.05, 4.69) is 0 Å². The Kier molecular flexibility index (Phi) is 3.13. The van der Waals surface area contributed by atoms with Crippen LogP contribution in [0.5, 0.6) is 0 Å². The molecule has 2 aliphatic heterocycles. The van der Waals surface area contributed by atoms with Gasteiger partial charge in [0, 0.05) is 0 Å². The SMILES string of the molecule is CN1CC(=O)OB([C@@H]2O[C@H]2CO)OC(=O)C1. The minimum Gasteiger partial charge on any atom is -0.496 e. The maximum absolute atomic E-state index is 11.3. The average molecular weight is 229 g/mol. The number of hydrogen-bond donors (Lipinski definition) is 1. The summed E-state index contributed by atoms with van der Waals surface area (Å²) in [6.07, 6.45) is -0.414. The minimum atomic E-state index is -1.04. The van der Waals surface area contributed by atoms with Crippen molar-refractivity contribution >= 4 is 19.1 Å². The van der Waals surface area contributed by atoms with Crippen molar-refractivity contribution in [3.63, 3.8) is 0 Å². The number of aliphatic hydroxyl groups is 1. The van der Waals surface area contributed by atoms with Crippen molar-refractivity contribution in [2.24, 2.45) is 0 Å². The number of hydrogen-bond acceptors (Lipinski definition) is 7. The van der Waals surface area contributed by atoms with Gasteiger partial charge in [-0.25, -0.2) is 0 Å². The van der Waals surface area contributed by atoms with Crippen LogP contribution < -0.4 is 0 Å². The molecule has 2 saturated heterocycles. The average Bonchev–Trinajstić information content (AvgIpc) is 2.92. The van der Waals surface area contributed by atoms with E-state index in [1.54, 1.807) is 7.05 Å². The van der Waals surface area contributed by atoms with Gasteiger partial charge in [-0.2, -0.15) is 0 Å². The van der Waals surface area contributed by atoms with Crippen molar-refractivity contribution < 1.29 is 28.7 Å². The van der Waals surface area contributed by atoms with Gasteiger partial charge in [0.1, 0.15) is 12.1 Å². The molecule has 0 bridgehead atoms. The van der Waals surface area contributed by atoms with E-state index >= 15 is 0 Å². The van der Waals surface area contributed by atoms with E-state index in [4.69, 9.17) is 19.2 Å². The van der Waals surface area contributed by atoms with Crippen molar-refractivity contribution in [1.29, 1.82) is 0 Å². The number of carbonyl (C=O) groups excluding carboxylic acids is 2. The van der Waals surface area contributed by atoms with Gasteiger partial charge in [0.15, 0.2) is 0 Å². The molecule has 2 heterocycles. The Labute approximate surface area is 92.4 Å². The van der Waals surface area contributed by atoms with Gasteiger partial charge in [0.25, 0.3) is 0 Å². The first-order chi connectivity index (χ1) is 7.60. The standard InChI is InChI=1S/C8H12BNO6/c1-10-2-6(12)15-9(16-7(13)3-10)8-5(4-11)14-8/h5,8,11H,2-4H2,1H3/t5-,8+/m0/s1. The lowest BCUT2D eigenvalue weighted by molar-refractivity contribution is -0.145. The third kappa shape index (κ3) is 2.52. The monoisotopic (exact) mass is 229 g/mol. The highest BCUT2D eigenvalue weighted by molar-refractivity contribution is 6.51. The summed E-state index contributed by atoms with van der Waals surface area (Å²) in [5, 5.41) is 8.79. The Balaban J connectivity index is 1.97. The molecule has 0 aromatic heterocycles. The Morgan fingerprint density at radius 1 is 1.38 bits per heavy atom. The second kappa shape index (κ2) is 4.40. The van der Waals surface area contributed by atoms with Gasteiger partial charge < -0.3 is 19.2 Å². The molecule has 88 valence electrons. The molecule has 0 amide bonds. The van der Waals surface area contributed by atoms with Crippen LogP contribution in [0.15, 0.2) is 0 Å². The number of rotatable bonds is 2. The Bertz CT molecular complexity index is 291. The van der Waals surface area contributed by atoms with Crippen LogP contribution in [0.2, 0.25) is 0 Å². The maximum Gasteiger partial charge on any atom is 0.632 e. The predicted octanol–water partition coefficient (Wildman–Crippen LogP) is -2.19. The zero-order chi connectivity index (χ0) is 11.7. The Morgan fingerprint density at radius 3 is 2.38 bits per heavy atom. The molecule has 7 nitrogen and oxygen atoms in total. The van der Waals surface area contributed by atoms with Crippen molar-refractivity contribution in [2.45, 2.75) is 12.1 Å². The van der Waals surface area contributed by atoms with Crippen LogP contribution >= 0.6 is 0 Å². The Hall–Kier alpha value is -1.12. The molecule has 8 heteroatoms. The molecule has 2 rings (SSSR count). The second-order valence-corrected chi connectivity index (χ2v) is 3.84. The first kappa shape index (κ1) is 11.4. The molecular weight excluding hydrogens is 217 g/mol. The fourth-order valence-corrected chi connectivity index (χ4v) is 1.53. The lowest BCUT2D eigenvalue weighted by atomic mass is 9.82. The third-order valence-corrected chi connectivity index (χ3v) is 2.36. The molecule has 0 saturated carbocycles. The lowest BCUT2D eigenvalue weighted by Gasteiger charge is -2.21. The molecule has 0 aromatic rings. The highest BCUT2D eigenvalue weighted by atomic mass is 16.7. The first-order valence-electron chi connectivity index (χ1n) is 4.94. The molecule has 0 radical (unpaired) electrons. The number of aliphatic hydroxyl groups excluding tert-OH is 1. The molecule has 0 unspecified atom stereocenters. The molecule has 2 aliphatic rings. The van der Waals surface area contributed by atoms with Crippen LogP contribution in [0.4, 0.5) is 0 Å². The van der Waals surface area contributed by atoms with E-state index in [0.29, 0.717) is 0 Å². The van der Waals surface area contributed by atoms with Gasteiger partial charge in [-0.15, -0.1) is 0 Å². The van der Waals surface area contributed by atoms with Crippen LogP contribution in [0.25, 0.3) is 0 Å². The summed E-state index contributed by atoms with van der Waals surface area (Å²) < 4.78 is 14.9. The molecule has 2 fully saturated rings. The zero-order valence-corrected chi connectivity index (χ0v) is 8.79. The fourth-order valence-electron chi connectivity index (χ4n) is 1.53. The first-order valence-corrected chi connectivity index (χ1v) is 4.94. The molecule has 0 aromatic carbocycles. The van der Waals surface area contributed by atoms with E-state index < -0.39 is 31.2 Å². The number of nitrogens with zero attached hydrogens (tertiary/aromatic N) is 1. The predicted molar refractivity (Wildman–Crippen MR) is 51.2 cm³/mol. The summed E-state index contributed by atoms with van der Waals surface area (Å²) >= 11 is 0. The smallest absolute Gasteiger partial charge is 0.496 e. The summed E-state index contributed by atoms with van der Waals surface area (Å²) in [5.41, 5.74) is 0. The van der Waals surface area contributed by atoms with Crippen LogP contribution in [0.1, 0.15) is 0 Å². The van der Waals surface area contributed by atoms with E-state index in [1.165, 1.54) is 4.90 Å². The topological polar surface area (TPSA) is 88.6 Å². The molecule has 16 heavy (non-hydrogen) atoms. The largest absolute Gasteiger partial charge is 0.632 e. The van der Waals surface area contributed by atoms with Crippen molar-refractivity contribution in [3.8, 4) is 0 Å². The van der Waals surface area contributed by atoms with Gasteiger partial charge in [0.05, 0.1) is 19.7 Å². The molecule has 1 N–H and O–H groups in total. The minimum absolute atomic E-state index is 0.0299. The van der Waals surface area contributed by atoms with Gasteiger partial charge in [-0.1, -0.05) is 0 Å². The summed E-state index contributed by atoms with van der Waals surface area (Å²) in [6.45, 7) is -0.125. The Morgan fingerprint density at radius 2 is 1.94 bits per heavy atom. The number of carbonyl (C=O) groups is 2. The maximum atomic E-state index is 11.3. The molecule has 0 spiro atoms. The van der Waals surface area contributed by atoms with Crippen molar-refractivity contribution in [3.05, 3.63) is 0 Å². The molecule has 2 atom stereocenters. The normalized spacial score (nSPS) is 31.5. The van der Waals surface area contributed by atoms with E-state index in [1.807, 2.05) is 0 Å². The lowest BCUT2D eigenvalue weighted by Crippen LogP contribution is -2.45. The zero-order valence-electron chi connectivity index (χ0n) is 8.79. The summed E-state index contributed by atoms with van der Waals surface area (Å²) in [6, 6.07) is -0.540. The quantitative estimate of drug-likeness (QED) is 0.424. The number of likely N-dealkylation sites (N-methyl/N-ethyl adjacent to an activating group) is 1. The second-order valence-electron chi connectivity index (χ2n) is 3.84. The highest BCUT2D eigenvalue weighted by Crippen LogP contribution is 2.25. The third-order valence-electron chi connectivity index (χ3n) is 2.36. The van der Waals surface area contributed by atoms with Crippen LogP contribution in [0.3, 0.4) is 0 Å². The number of epoxide rings is 1. The van der Waals surface area contributed by atoms with Crippen LogP contribution in [-0.2, 0) is 23.6 Å². The number of ether oxygens (including phenoxy) is 1. The summed E-state index contributed by atoms with van der Waals surface area (Å²) in [7, 11) is 0.582. The van der Waals surface area contributed by atoms with E-state index in [-0.39, 0.29) is 19.7 Å². The fraction of sp³-hybridized carbons (Fsp3) is 0.750. The van der Waals surface area contributed by atoms with E-state index in [9.17, 15) is 9.59 Å². The van der Waals surface area contributed by atoms with Crippen molar-refractivity contribution in [2.75, 3.05) is 26.7 Å². The molecular formula is C8H12BNO6. The van der Waals surface area contributed by atoms with Gasteiger partial charge in [-0.05, 0) is 7.05 Å². The van der Waals surface area contributed by atoms with Crippen LogP contribution in [-0.4, -0.2) is 67.9 Å². The van der Waals surface area contributed by atoms with Gasteiger partial charge in [-0.3, -0.25) is 14.5 Å². The summed E-state index contributed by atoms with van der Waals surface area (Å²) in [5.74, 6) is -0.959. The summed E-state index contributed by atoms with van der Waals surface area (Å²) in [4.78, 5) is 24.1. The molecule has 0 aliphatic carbocycles. The van der Waals surface area contributed by atoms with Crippen molar-refractivity contribution in [1.82, 2.24) is 4.90 Å². The van der Waals surface area contributed by atoms with Crippen LogP contribution in [0, 0.1) is 0 Å².